The van der Waals surface area contributed by atoms with Crippen molar-refractivity contribution in [2.45, 2.75) is 31.7 Å². The molecule has 1 amide bonds. The number of aryl methyl sites for hydroxylation is 1. The number of fused-ring (bicyclic) bond motifs is 1. The lowest BCUT2D eigenvalue weighted by atomic mass is 10.1. The molecule has 0 saturated heterocycles. The van der Waals surface area contributed by atoms with Crippen LogP contribution in [0.25, 0.3) is 11.0 Å². The molecule has 24 heavy (non-hydrogen) atoms. The zero-order valence-electron chi connectivity index (χ0n) is 13.5. The highest BCUT2D eigenvalue weighted by Crippen LogP contribution is 2.24. The molecule has 1 aromatic heterocycles. The summed E-state index contributed by atoms with van der Waals surface area (Å²) in [5.41, 5.74) is 7.37. The molecule has 3 rings (SSSR count). The van der Waals surface area contributed by atoms with Crippen molar-refractivity contribution in [1.29, 1.82) is 0 Å². The van der Waals surface area contributed by atoms with E-state index in [-0.39, 0.29) is 48.5 Å². The number of nitrogens with one attached hydrogen (secondary N) is 1. The Labute approximate surface area is 153 Å². The van der Waals surface area contributed by atoms with E-state index in [2.05, 4.69) is 10.3 Å². The van der Waals surface area contributed by atoms with Crippen LogP contribution in [-0.2, 0) is 18.3 Å². The third-order valence-electron chi connectivity index (χ3n) is 4.43. The van der Waals surface area contributed by atoms with Crippen LogP contribution in [0.4, 0.5) is 4.39 Å². The average Bonchev–Trinajstić information content (AvgIpc) is 3.05. The summed E-state index contributed by atoms with van der Waals surface area (Å²) in [6.45, 7) is 0.532. The van der Waals surface area contributed by atoms with E-state index in [0.717, 1.165) is 36.1 Å². The molecule has 1 aliphatic carbocycles. The number of carbonyl (C=O) groups excluding carboxylic acids is 1. The van der Waals surface area contributed by atoms with Crippen molar-refractivity contribution in [3.05, 3.63) is 29.8 Å². The molecule has 8 heteroatoms. The van der Waals surface area contributed by atoms with E-state index in [1.54, 1.807) is 6.07 Å². The van der Waals surface area contributed by atoms with E-state index in [0.29, 0.717) is 13.0 Å². The zero-order chi connectivity index (χ0) is 15.7. The molecule has 2 aromatic rings. The molecule has 1 heterocycles. The van der Waals surface area contributed by atoms with Crippen LogP contribution in [0.1, 0.15) is 25.1 Å². The van der Waals surface area contributed by atoms with Crippen molar-refractivity contribution >= 4 is 41.8 Å². The maximum atomic E-state index is 13.3. The smallest absolute Gasteiger partial charge is 0.223 e. The van der Waals surface area contributed by atoms with Crippen LogP contribution in [0, 0.1) is 11.7 Å². The second-order valence-electron chi connectivity index (χ2n) is 6.03. The normalized spacial score (nSPS) is 19.6. The van der Waals surface area contributed by atoms with Crippen molar-refractivity contribution in [1.82, 2.24) is 14.9 Å². The average molecular weight is 377 g/mol. The third kappa shape index (κ3) is 4.37. The largest absolute Gasteiger partial charge is 0.355 e. The van der Waals surface area contributed by atoms with Gasteiger partial charge >= 0.3 is 0 Å². The van der Waals surface area contributed by atoms with Crippen LogP contribution in [-0.4, -0.2) is 28.0 Å². The summed E-state index contributed by atoms with van der Waals surface area (Å²) in [6.07, 6.45) is 3.20. The topological polar surface area (TPSA) is 72.9 Å². The van der Waals surface area contributed by atoms with Crippen molar-refractivity contribution in [2.24, 2.45) is 18.7 Å². The standard InChI is InChI=1S/C16H21FN4O.2ClH/c1-21-14-9-11(17)3-5-13(14)20-15(21)6-7-19-16(22)10-2-4-12(18)8-10;;/h3,5,9-10,12H,2,4,6-8,18H2,1H3,(H,19,22);2*1H. The first-order valence-electron chi connectivity index (χ1n) is 7.68. The van der Waals surface area contributed by atoms with Gasteiger partial charge in [0.2, 0.25) is 5.91 Å². The quantitative estimate of drug-likeness (QED) is 0.859. The van der Waals surface area contributed by atoms with Gasteiger partial charge in [-0.2, -0.15) is 0 Å². The van der Waals surface area contributed by atoms with Crippen LogP contribution >= 0.6 is 24.8 Å². The highest BCUT2D eigenvalue weighted by atomic mass is 35.5. The van der Waals surface area contributed by atoms with E-state index in [1.807, 2.05) is 11.6 Å². The zero-order valence-corrected chi connectivity index (χ0v) is 15.1. The minimum atomic E-state index is -0.270. The SMILES string of the molecule is Cl.Cl.Cn1c(CCNC(=O)C2CCC(N)C2)nc2ccc(F)cc21. The first-order chi connectivity index (χ1) is 10.5. The number of hydrogen-bond acceptors (Lipinski definition) is 3. The lowest BCUT2D eigenvalue weighted by Crippen LogP contribution is -2.32. The van der Waals surface area contributed by atoms with Gasteiger partial charge < -0.3 is 15.6 Å². The molecular weight excluding hydrogens is 354 g/mol. The first kappa shape index (κ1) is 20.7. The van der Waals surface area contributed by atoms with Crippen molar-refractivity contribution < 1.29 is 9.18 Å². The van der Waals surface area contributed by atoms with Crippen LogP contribution in [0.2, 0.25) is 0 Å². The highest BCUT2D eigenvalue weighted by molar-refractivity contribution is 5.85. The molecule has 0 bridgehead atoms. The van der Waals surface area contributed by atoms with Gasteiger partial charge in [0.1, 0.15) is 11.6 Å². The summed E-state index contributed by atoms with van der Waals surface area (Å²) >= 11 is 0. The Morgan fingerprint density at radius 3 is 2.83 bits per heavy atom. The van der Waals surface area contributed by atoms with E-state index in [9.17, 15) is 9.18 Å². The summed E-state index contributed by atoms with van der Waals surface area (Å²) in [4.78, 5) is 16.5. The number of benzene rings is 1. The fourth-order valence-corrected chi connectivity index (χ4v) is 3.13. The van der Waals surface area contributed by atoms with Gasteiger partial charge in [0.15, 0.2) is 0 Å². The van der Waals surface area contributed by atoms with Gasteiger partial charge in [-0.15, -0.1) is 24.8 Å². The predicted molar refractivity (Wildman–Crippen MR) is 97.2 cm³/mol. The lowest BCUT2D eigenvalue weighted by Gasteiger charge is -2.10. The molecule has 1 aliphatic rings. The monoisotopic (exact) mass is 376 g/mol. The maximum Gasteiger partial charge on any atom is 0.223 e. The number of nitrogens with two attached hydrogens (primary N) is 1. The Hall–Kier alpha value is -1.37. The minimum Gasteiger partial charge on any atom is -0.355 e. The Bertz CT molecular complexity index is 707. The molecule has 5 nitrogen and oxygen atoms in total. The fourth-order valence-electron chi connectivity index (χ4n) is 3.13. The summed E-state index contributed by atoms with van der Waals surface area (Å²) < 4.78 is 15.2. The Morgan fingerprint density at radius 1 is 1.42 bits per heavy atom. The van der Waals surface area contributed by atoms with Crippen LogP contribution in [0.15, 0.2) is 18.2 Å². The van der Waals surface area contributed by atoms with Crippen molar-refractivity contribution in [3.8, 4) is 0 Å². The number of amides is 1. The molecule has 0 aliphatic heterocycles. The molecule has 3 N–H and O–H groups in total. The van der Waals surface area contributed by atoms with Crippen LogP contribution in [0.3, 0.4) is 0 Å². The van der Waals surface area contributed by atoms with Crippen molar-refractivity contribution in [2.75, 3.05) is 6.54 Å². The number of nitrogens with zero attached hydrogens (tertiary/aromatic N) is 2. The number of halogens is 3. The van der Waals surface area contributed by atoms with Gasteiger partial charge in [0.05, 0.1) is 11.0 Å². The molecule has 2 atom stereocenters. The summed E-state index contributed by atoms with van der Waals surface area (Å²) in [7, 11) is 1.86. The molecule has 0 spiro atoms. The first-order valence-corrected chi connectivity index (χ1v) is 7.68. The lowest BCUT2D eigenvalue weighted by molar-refractivity contribution is -0.124. The molecule has 0 radical (unpaired) electrons. The van der Waals surface area contributed by atoms with Gasteiger partial charge in [-0.1, -0.05) is 0 Å². The maximum absolute atomic E-state index is 13.3. The Kier molecular flexibility index (Phi) is 7.45. The van der Waals surface area contributed by atoms with E-state index < -0.39 is 0 Å². The van der Waals surface area contributed by atoms with Gasteiger partial charge in [0.25, 0.3) is 0 Å². The number of carbonyl (C=O) groups is 1. The highest BCUT2D eigenvalue weighted by Gasteiger charge is 2.27. The van der Waals surface area contributed by atoms with Gasteiger partial charge in [-0.3, -0.25) is 4.79 Å². The summed E-state index contributed by atoms with van der Waals surface area (Å²) in [5, 5.41) is 2.95. The fraction of sp³-hybridized carbons (Fsp3) is 0.500. The number of hydrogen-bond donors (Lipinski definition) is 2. The Morgan fingerprint density at radius 2 is 2.17 bits per heavy atom. The van der Waals surface area contributed by atoms with Gasteiger partial charge in [-0.05, 0) is 37.5 Å². The number of aromatic nitrogens is 2. The molecule has 1 fully saturated rings. The van der Waals surface area contributed by atoms with E-state index in [1.165, 1.54) is 12.1 Å². The van der Waals surface area contributed by atoms with Crippen molar-refractivity contribution in [3.63, 3.8) is 0 Å². The van der Waals surface area contributed by atoms with Gasteiger partial charge in [-0.25, -0.2) is 9.37 Å². The van der Waals surface area contributed by atoms with Gasteiger partial charge in [0, 0.05) is 32.0 Å². The Balaban J connectivity index is 0.00000144. The van der Waals surface area contributed by atoms with Crippen LogP contribution < -0.4 is 11.1 Å². The predicted octanol–water partition coefficient (Wildman–Crippen LogP) is 2.34. The van der Waals surface area contributed by atoms with E-state index in [4.69, 9.17) is 5.73 Å². The third-order valence-corrected chi connectivity index (χ3v) is 4.43. The number of rotatable bonds is 4. The minimum absolute atomic E-state index is 0. The summed E-state index contributed by atoms with van der Waals surface area (Å²) in [6, 6.07) is 4.71. The second kappa shape index (κ2) is 8.65. The number of imidazole rings is 1. The second-order valence-corrected chi connectivity index (χ2v) is 6.03. The molecular formula is C16H23Cl2FN4O. The molecule has 134 valence electrons. The molecule has 2 unspecified atom stereocenters. The van der Waals surface area contributed by atoms with E-state index >= 15 is 0 Å². The summed E-state index contributed by atoms with van der Waals surface area (Å²) in [5.74, 6) is 0.694. The van der Waals surface area contributed by atoms with Crippen LogP contribution in [0.5, 0.6) is 0 Å². The molecule has 1 aromatic carbocycles. The molecule has 1 saturated carbocycles.